The maximum Gasteiger partial charge on any atom is 0.116 e. The van der Waals surface area contributed by atoms with Gasteiger partial charge >= 0.3 is 0 Å². The molecule has 1 heterocycles. The molecule has 2 aromatic rings. The molecule has 2 rings (SSSR count). The molecule has 0 aliphatic carbocycles. The van der Waals surface area contributed by atoms with Crippen molar-refractivity contribution in [3.63, 3.8) is 0 Å². The van der Waals surface area contributed by atoms with Crippen LogP contribution >= 0.6 is 0 Å². The molecular weight excluding hydrogens is 184 g/mol. The molecule has 0 radical (unpaired) electrons. The van der Waals surface area contributed by atoms with Crippen LogP contribution in [0, 0.1) is 5.41 Å². The molecular formula is C13H16N2. The third-order valence-corrected chi connectivity index (χ3v) is 2.30. The molecule has 0 N–H and O–H groups in total. The minimum Gasteiger partial charge on any atom is -0.244 e. The van der Waals surface area contributed by atoms with E-state index in [1.807, 2.05) is 6.20 Å². The van der Waals surface area contributed by atoms with Gasteiger partial charge in [-0.05, 0) is 29.5 Å². The second-order valence-electron chi connectivity index (χ2n) is 5.15. The fraction of sp³-hybridized carbons (Fsp3) is 0.385. The SMILES string of the molecule is CC(C)(C)Cc1ccc2ncncc2c1. The number of rotatable bonds is 1. The molecule has 0 atom stereocenters. The first-order chi connectivity index (χ1) is 7.04. The molecule has 0 amide bonds. The molecule has 0 spiro atoms. The van der Waals surface area contributed by atoms with Gasteiger partial charge in [-0.15, -0.1) is 0 Å². The zero-order chi connectivity index (χ0) is 10.9. The summed E-state index contributed by atoms with van der Waals surface area (Å²) in [5, 5.41) is 1.12. The topological polar surface area (TPSA) is 25.8 Å². The van der Waals surface area contributed by atoms with Crippen LogP contribution in [0.4, 0.5) is 0 Å². The highest BCUT2D eigenvalue weighted by atomic mass is 14.8. The molecule has 78 valence electrons. The zero-order valence-corrected chi connectivity index (χ0v) is 9.49. The summed E-state index contributed by atoms with van der Waals surface area (Å²) in [6.07, 6.45) is 4.54. The number of hydrogen-bond acceptors (Lipinski definition) is 2. The van der Waals surface area contributed by atoms with Crippen LogP contribution in [0.5, 0.6) is 0 Å². The van der Waals surface area contributed by atoms with Crippen molar-refractivity contribution in [2.45, 2.75) is 27.2 Å². The Balaban J connectivity index is 2.39. The lowest BCUT2D eigenvalue weighted by atomic mass is 9.88. The Kier molecular flexibility index (Phi) is 2.43. The number of fused-ring (bicyclic) bond motifs is 1. The van der Waals surface area contributed by atoms with Crippen LogP contribution in [0.15, 0.2) is 30.7 Å². The Morgan fingerprint density at radius 2 is 2.00 bits per heavy atom. The lowest BCUT2D eigenvalue weighted by Gasteiger charge is -2.18. The minimum atomic E-state index is 0.323. The Hall–Kier alpha value is -1.44. The van der Waals surface area contributed by atoms with Gasteiger partial charge in [0.15, 0.2) is 0 Å². The Bertz CT molecular complexity index is 469. The molecule has 1 aromatic carbocycles. The molecule has 1 aromatic heterocycles. The number of benzene rings is 1. The second kappa shape index (κ2) is 3.61. The van der Waals surface area contributed by atoms with Gasteiger partial charge in [0.05, 0.1) is 5.52 Å². The predicted octanol–water partition coefficient (Wildman–Crippen LogP) is 3.22. The van der Waals surface area contributed by atoms with Crippen LogP contribution in [0.2, 0.25) is 0 Å². The number of nitrogens with zero attached hydrogens (tertiary/aromatic N) is 2. The van der Waals surface area contributed by atoms with E-state index in [9.17, 15) is 0 Å². The first kappa shape index (κ1) is 10.1. The van der Waals surface area contributed by atoms with E-state index in [4.69, 9.17) is 0 Å². The lowest BCUT2D eigenvalue weighted by molar-refractivity contribution is 0.411. The molecule has 2 nitrogen and oxygen atoms in total. The highest BCUT2D eigenvalue weighted by Gasteiger charge is 2.11. The lowest BCUT2D eigenvalue weighted by Crippen LogP contribution is -2.08. The van der Waals surface area contributed by atoms with Crippen molar-refractivity contribution in [3.05, 3.63) is 36.3 Å². The van der Waals surface area contributed by atoms with E-state index in [-0.39, 0.29) is 0 Å². The summed E-state index contributed by atoms with van der Waals surface area (Å²) >= 11 is 0. The summed E-state index contributed by atoms with van der Waals surface area (Å²) < 4.78 is 0. The molecule has 0 fully saturated rings. The van der Waals surface area contributed by atoms with Crippen molar-refractivity contribution in [3.8, 4) is 0 Å². The van der Waals surface area contributed by atoms with Gasteiger partial charge in [0.2, 0.25) is 0 Å². The maximum absolute atomic E-state index is 4.21. The fourth-order valence-corrected chi connectivity index (χ4v) is 1.76. The molecule has 15 heavy (non-hydrogen) atoms. The first-order valence-electron chi connectivity index (χ1n) is 5.23. The summed E-state index contributed by atoms with van der Waals surface area (Å²) in [5.74, 6) is 0. The Labute approximate surface area is 90.4 Å². The van der Waals surface area contributed by atoms with Crippen molar-refractivity contribution in [1.29, 1.82) is 0 Å². The Morgan fingerprint density at radius 3 is 2.73 bits per heavy atom. The fourth-order valence-electron chi connectivity index (χ4n) is 1.76. The van der Waals surface area contributed by atoms with E-state index in [0.29, 0.717) is 5.41 Å². The maximum atomic E-state index is 4.21. The average Bonchev–Trinajstić information content (AvgIpc) is 2.15. The summed E-state index contributed by atoms with van der Waals surface area (Å²) in [5.41, 5.74) is 2.69. The van der Waals surface area contributed by atoms with Crippen molar-refractivity contribution in [1.82, 2.24) is 9.97 Å². The highest BCUT2D eigenvalue weighted by molar-refractivity contribution is 5.77. The van der Waals surface area contributed by atoms with Gasteiger partial charge in [-0.1, -0.05) is 26.8 Å². The quantitative estimate of drug-likeness (QED) is 0.706. The van der Waals surface area contributed by atoms with E-state index < -0.39 is 0 Å². The first-order valence-corrected chi connectivity index (χ1v) is 5.23. The summed E-state index contributed by atoms with van der Waals surface area (Å²) in [7, 11) is 0. The van der Waals surface area contributed by atoms with Gasteiger partial charge in [0.1, 0.15) is 6.33 Å². The molecule has 0 unspecified atom stereocenters. The molecule has 0 saturated heterocycles. The van der Waals surface area contributed by atoms with Gasteiger partial charge in [0.25, 0.3) is 0 Å². The zero-order valence-electron chi connectivity index (χ0n) is 9.49. The highest BCUT2D eigenvalue weighted by Crippen LogP contribution is 2.22. The van der Waals surface area contributed by atoms with Crippen LogP contribution in [0.1, 0.15) is 26.3 Å². The van der Waals surface area contributed by atoms with Crippen molar-refractivity contribution >= 4 is 10.9 Å². The second-order valence-corrected chi connectivity index (χ2v) is 5.15. The molecule has 0 aliphatic rings. The summed E-state index contributed by atoms with van der Waals surface area (Å²) in [4.78, 5) is 8.25. The number of hydrogen-bond donors (Lipinski definition) is 0. The van der Waals surface area contributed by atoms with Crippen LogP contribution in [-0.4, -0.2) is 9.97 Å². The van der Waals surface area contributed by atoms with Crippen LogP contribution in [0.3, 0.4) is 0 Å². The van der Waals surface area contributed by atoms with Crippen molar-refractivity contribution < 1.29 is 0 Å². The molecule has 0 bridgehead atoms. The van der Waals surface area contributed by atoms with Crippen LogP contribution in [-0.2, 0) is 6.42 Å². The summed E-state index contributed by atoms with van der Waals surface area (Å²) in [6.45, 7) is 6.75. The van der Waals surface area contributed by atoms with Gasteiger partial charge in [0, 0.05) is 11.6 Å². The largest absolute Gasteiger partial charge is 0.244 e. The van der Waals surface area contributed by atoms with Gasteiger partial charge in [-0.3, -0.25) is 0 Å². The van der Waals surface area contributed by atoms with Crippen LogP contribution < -0.4 is 0 Å². The van der Waals surface area contributed by atoms with Gasteiger partial charge in [-0.25, -0.2) is 9.97 Å². The van der Waals surface area contributed by atoms with Gasteiger partial charge in [-0.2, -0.15) is 0 Å². The van der Waals surface area contributed by atoms with E-state index >= 15 is 0 Å². The monoisotopic (exact) mass is 200 g/mol. The predicted molar refractivity (Wildman–Crippen MR) is 62.7 cm³/mol. The van der Waals surface area contributed by atoms with E-state index in [2.05, 4.69) is 48.9 Å². The number of aromatic nitrogens is 2. The molecule has 0 aliphatic heterocycles. The molecule has 0 saturated carbocycles. The third kappa shape index (κ3) is 2.52. The smallest absolute Gasteiger partial charge is 0.116 e. The minimum absolute atomic E-state index is 0.323. The van der Waals surface area contributed by atoms with E-state index in [1.54, 1.807) is 6.33 Å². The molecule has 2 heteroatoms. The Morgan fingerprint density at radius 1 is 1.20 bits per heavy atom. The summed E-state index contributed by atoms with van der Waals surface area (Å²) in [6, 6.07) is 6.40. The van der Waals surface area contributed by atoms with Crippen molar-refractivity contribution in [2.75, 3.05) is 0 Å². The third-order valence-electron chi connectivity index (χ3n) is 2.30. The standard InChI is InChI=1S/C13H16N2/c1-13(2,3)7-10-4-5-12-11(6-10)8-14-9-15-12/h4-6,8-9H,7H2,1-3H3. The normalized spacial score (nSPS) is 11.9. The van der Waals surface area contributed by atoms with E-state index in [1.165, 1.54) is 5.56 Å². The van der Waals surface area contributed by atoms with E-state index in [0.717, 1.165) is 17.3 Å². The van der Waals surface area contributed by atoms with Gasteiger partial charge < -0.3 is 0 Å². The van der Waals surface area contributed by atoms with Crippen molar-refractivity contribution in [2.24, 2.45) is 5.41 Å². The average molecular weight is 200 g/mol. The van der Waals surface area contributed by atoms with Crippen LogP contribution in [0.25, 0.3) is 10.9 Å².